The molecule has 0 radical (unpaired) electrons. The van der Waals surface area contributed by atoms with E-state index < -0.39 is 16.4 Å². The molecule has 0 bridgehead atoms. The van der Waals surface area contributed by atoms with Gasteiger partial charge in [-0.2, -0.15) is 4.39 Å². The van der Waals surface area contributed by atoms with Gasteiger partial charge in [0.05, 0.1) is 34.5 Å². The Kier molecular flexibility index (Phi) is 5.50. The molecule has 2 unspecified atom stereocenters. The van der Waals surface area contributed by atoms with E-state index in [1.54, 1.807) is 13.1 Å². The summed E-state index contributed by atoms with van der Waals surface area (Å²) < 4.78 is 25.0. The second-order valence-electron chi connectivity index (χ2n) is 8.61. The fourth-order valence-electron chi connectivity index (χ4n) is 4.41. The number of hydrogen-bond acceptors (Lipinski definition) is 10. The molecule has 184 valence electrons. The van der Waals surface area contributed by atoms with Crippen LogP contribution < -0.4 is 10.1 Å². The van der Waals surface area contributed by atoms with E-state index in [4.69, 9.17) is 14.1 Å². The van der Waals surface area contributed by atoms with Crippen molar-refractivity contribution >= 4 is 22.9 Å². The summed E-state index contributed by atoms with van der Waals surface area (Å²) in [5.74, 6) is -0.202. The van der Waals surface area contributed by atoms with E-state index >= 15 is 0 Å². The van der Waals surface area contributed by atoms with Gasteiger partial charge in [0.1, 0.15) is 5.75 Å². The van der Waals surface area contributed by atoms with Crippen LogP contribution in [-0.2, 0) is 0 Å². The monoisotopic (exact) mass is 491 g/mol. The molecule has 1 aliphatic carbocycles. The fraction of sp³-hybridized carbons (Fsp3) is 0.250. The lowest BCUT2D eigenvalue weighted by atomic mass is 9.78. The summed E-state index contributed by atoms with van der Waals surface area (Å²) in [5.41, 5.74) is 1.12. The van der Waals surface area contributed by atoms with Crippen molar-refractivity contribution in [2.24, 2.45) is 5.92 Å². The molecule has 1 N–H and O–H groups in total. The molecule has 0 fully saturated rings. The van der Waals surface area contributed by atoms with Gasteiger partial charge in [-0.25, -0.2) is 9.97 Å². The highest BCUT2D eigenvalue weighted by Crippen LogP contribution is 2.46. The number of hydrogen-bond donors (Lipinski definition) is 1. The number of nitrogens with one attached hydrogen (secondary N) is 1. The van der Waals surface area contributed by atoms with Gasteiger partial charge in [-0.1, -0.05) is 24.3 Å². The number of ether oxygens (including phenoxy) is 1. The summed E-state index contributed by atoms with van der Waals surface area (Å²) in [6.45, 7) is 3.82. The van der Waals surface area contributed by atoms with E-state index in [0.29, 0.717) is 17.1 Å². The lowest BCUT2D eigenvalue weighted by Crippen LogP contribution is -2.41. The molecule has 1 aromatic carbocycles. The SMILES string of the molecule is COc1cc(F)c([N+](=O)[O-])cc1Nc1ncc(-c2nnc(C)o2)c(C2=CN(C)C3(C)C=CC=CC23)n1. The average molecular weight is 491 g/mol. The third-order valence-electron chi connectivity index (χ3n) is 6.44. The summed E-state index contributed by atoms with van der Waals surface area (Å²) in [5, 5.41) is 22.3. The summed E-state index contributed by atoms with van der Waals surface area (Å²) in [6, 6.07) is 1.98. The molecule has 11 nitrogen and oxygen atoms in total. The Morgan fingerprint density at radius 1 is 1.31 bits per heavy atom. The first kappa shape index (κ1) is 23.1. The number of aryl methyl sites for hydroxylation is 1. The second kappa shape index (κ2) is 8.56. The van der Waals surface area contributed by atoms with E-state index in [9.17, 15) is 14.5 Å². The zero-order valence-corrected chi connectivity index (χ0v) is 19.9. The lowest BCUT2D eigenvalue weighted by Gasteiger charge is -2.36. The van der Waals surface area contributed by atoms with Crippen LogP contribution in [0.5, 0.6) is 5.75 Å². The molecular weight excluding hydrogens is 469 g/mol. The predicted molar refractivity (Wildman–Crippen MR) is 129 cm³/mol. The third kappa shape index (κ3) is 3.76. The molecule has 0 spiro atoms. The normalized spacial score (nSPS) is 20.3. The minimum atomic E-state index is -1.01. The number of benzene rings is 1. The van der Waals surface area contributed by atoms with E-state index in [-0.39, 0.29) is 34.7 Å². The minimum absolute atomic E-state index is 0.0283. The van der Waals surface area contributed by atoms with Gasteiger partial charge in [0, 0.05) is 50.0 Å². The average Bonchev–Trinajstić information content (AvgIpc) is 3.40. The maximum absolute atomic E-state index is 14.1. The largest absolute Gasteiger partial charge is 0.494 e. The van der Waals surface area contributed by atoms with Crippen LogP contribution in [0.4, 0.5) is 21.7 Å². The van der Waals surface area contributed by atoms with E-state index in [1.807, 2.05) is 25.4 Å². The Morgan fingerprint density at radius 3 is 2.81 bits per heavy atom. The van der Waals surface area contributed by atoms with Crippen LogP contribution in [-0.4, -0.2) is 49.7 Å². The zero-order valence-electron chi connectivity index (χ0n) is 19.9. The lowest BCUT2D eigenvalue weighted by molar-refractivity contribution is -0.387. The van der Waals surface area contributed by atoms with Gasteiger partial charge >= 0.3 is 5.69 Å². The van der Waals surface area contributed by atoms with Crippen molar-refractivity contribution in [3.63, 3.8) is 0 Å². The number of nitro benzene ring substituents is 1. The van der Waals surface area contributed by atoms with Gasteiger partial charge in [-0.15, -0.1) is 10.2 Å². The van der Waals surface area contributed by atoms with Gasteiger partial charge in [-0.05, 0) is 6.92 Å². The van der Waals surface area contributed by atoms with Gasteiger partial charge in [-0.3, -0.25) is 10.1 Å². The molecule has 0 saturated heterocycles. The molecule has 2 atom stereocenters. The number of anilines is 2. The highest BCUT2D eigenvalue weighted by Gasteiger charge is 2.43. The third-order valence-corrected chi connectivity index (χ3v) is 6.44. The molecule has 3 heterocycles. The highest BCUT2D eigenvalue weighted by atomic mass is 19.1. The number of rotatable bonds is 6. The number of methoxy groups -OCH3 is 1. The molecular formula is C24H22FN7O4. The minimum Gasteiger partial charge on any atom is -0.494 e. The van der Waals surface area contributed by atoms with Crippen molar-refractivity contribution in [3.8, 4) is 17.2 Å². The molecule has 1 aliphatic heterocycles. The van der Waals surface area contributed by atoms with Crippen molar-refractivity contribution in [2.75, 3.05) is 19.5 Å². The predicted octanol–water partition coefficient (Wildman–Crippen LogP) is 4.42. The summed E-state index contributed by atoms with van der Waals surface area (Å²) in [4.78, 5) is 21.7. The Labute approximate surface area is 205 Å². The molecule has 0 saturated carbocycles. The van der Waals surface area contributed by atoms with Crippen LogP contribution in [0.1, 0.15) is 18.5 Å². The number of nitro groups is 1. The number of halogens is 1. The van der Waals surface area contributed by atoms with Gasteiger partial charge in [0.15, 0.2) is 0 Å². The molecule has 2 aromatic heterocycles. The topological polar surface area (TPSA) is 132 Å². The molecule has 0 amide bonds. The first-order chi connectivity index (χ1) is 17.2. The first-order valence-electron chi connectivity index (χ1n) is 11.0. The Hall–Kier alpha value is -4.61. The van der Waals surface area contributed by atoms with Crippen molar-refractivity contribution in [1.29, 1.82) is 0 Å². The maximum atomic E-state index is 14.1. The van der Waals surface area contributed by atoms with Crippen LogP contribution in [0.3, 0.4) is 0 Å². The van der Waals surface area contributed by atoms with Crippen LogP contribution in [0.2, 0.25) is 0 Å². The van der Waals surface area contributed by atoms with Gasteiger partial charge < -0.3 is 19.4 Å². The van der Waals surface area contributed by atoms with E-state index in [0.717, 1.165) is 17.7 Å². The van der Waals surface area contributed by atoms with Crippen LogP contribution in [0, 0.1) is 28.8 Å². The van der Waals surface area contributed by atoms with E-state index in [2.05, 4.69) is 44.5 Å². The van der Waals surface area contributed by atoms with E-state index in [1.165, 1.54) is 7.11 Å². The summed E-state index contributed by atoms with van der Waals surface area (Å²) >= 11 is 0. The Morgan fingerprint density at radius 2 is 2.11 bits per heavy atom. The number of allylic oxidation sites excluding steroid dienone is 2. The Balaban J connectivity index is 1.63. The number of nitrogens with zero attached hydrogens (tertiary/aromatic N) is 6. The molecule has 36 heavy (non-hydrogen) atoms. The van der Waals surface area contributed by atoms with Crippen molar-refractivity contribution in [1.82, 2.24) is 25.1 Å². The van der Waals surface area contributed by atoms with Crippen molar-refractivity contribution in [3.05, 3.63) is 76.3 Å². The highest BCUT2D eigenvalue weighted by molar-refractivity contribution is 5.81. The first-order valence-corrected chi connectivity index (χ1v) is 11.0. The molecule has 5 rings (SSSR count). The van der Waals surface area contributed by atoms with Crippen LogP contribution >= 0.6 is 0 Å². The summed E-state index contributed by atoms with van der Waals surface area (Å²) in [6.07, 6.45) is 11.8. The van der Waals surface area contributed by atoms with Crippen molar-refractivity contribution in [2.45, 2.75) is 19.4 Å². The number of aromatic nitrogens is 4. The molecule has 3 aromatic rings. The standard InChI is InChI=1S/C24H22FN7O4/c1-13-29-30-22(36-13)14-11-26-23(27-18-10-19(32(33)34)17(25)9-20(18)35-4)28-21(14)15-12-31(3)24(2)8-6-5-7-16(15)24/h5-12,16H,1-4H3,(H,26,27,28). The van der Waals surface area contributed by atoms with Crippen molar-refractivity contribution < 1.29 is 18.5 Å². The summed E-state index contributed by atoms with van der Waals surface area (Å²) in [7, 11) is 3.32. The number of likely N-dealkylation sites (N-methyl/N-ethyl adjacent to an activating group) is 1. The van der Waals surface area contributed by atoms with Gasteiger partial charge in [0.2, 0.25) is 17.7 Å². The smallest absolute Gasteiger partial charge is 0.307 e. The fourth-order valence-corrected chi connectivity index (χ4v) is 4.41. The van der Waals surface area contributed by atoms with Gasteiger partial charge in [0.25, 0.3) is 5.89 Å². The molecule has 2 aliphatic rings. The number of fused-ring (bicyclic) bond motifs is 1. The second-order valence-corrected chi connectivity index (χ2v) is 8.61. The quantitative estimate of drug-likeness (QED) is 0.390. The zero-order chi connectivity index (χ0) is 25.6. The van der Waals surface area contributed by atoms with Crippen LogP contribution in [0.25, 0.3) is 17.0 Å². The van der Waals surface area contributed by atoms with Crippen LogP contribution in [0.15, 0.2) is 53.3 Å². The maximum Gasteiger partial charge on any atom is 0.307 e. The molecule has 12 heteroatoms. The Bertz CT molecular complexity index is 1460.